The second-order valence-corrected chi connectivity index (χ2v) is 5.70. The average molecular weight is 339 g/mol. The number of amides is 2. The molecule has 0 aliphatic carbocycles. The quantitative estimate of drug-likeness (QED) is 0.619. The van der Waals surface area contributed by atoms with E-state index >= 15 is 0 Å². The van der Waals surface area contributed by atoms with Gasteiger partial charge in [0.05, 0.1) is 23.3 Å². The number of imide groups is 1. The third-order valence-corrected chi connectivity index (χ3v) is 4.00. The number of rotatable bonds is 7. The Balaban J connectivity index is 1.47. The van der Waals surface area contributed by atoms with E-state index in [1.807, 2.05) is 0 Å². The van der Waals surface area contributed by atoms with E-state index in [1.54, 1.807) is 36.4 Å². The number of benzene rings is 2. The Morgan fingerprint density at radius 2 is 1.64 bits per heavy atom. The lowest BCUT2D eigenvalue weighted by Gasteiger charge is -2.13. The van der Waals surface area contributed by atoms with E-state index in [1.165, 1.54) is 17.0 Å². The van der Waals surface area contributed by atoms with Crippen molar-refractivity contribution < 1.29 is 24.2 Å². The summed E-state index contributed by atoms with van der Waals surface area (Å²) in [5, 5.41) is 8.94. The van der Waals surface area contributed by atoms with Crippen molar-refractivity contribution in [3.8, 4) is 5.75 Å². The average Bonchev–Trinajstić information content (AvgIpc) is 2.87. The van der Waals surface area contributed by atoms with Gasteiger partial charge in [-0.2, -0.15) is 0 Å². The monoisotopic (exact) mass is 339 g/mol. The number of carboxylic acids is 1. The van der Waals surface area contributed by atoms with Crippen LogP contribution < -0.4 is 4.74 Å². The van der Waals surface area contributed by atoms with Crippen LogP contribution in [0.4, 0.5) is 0 Å². The van der Waals surface area contributed by atoms with E-state index in [4.69, 9.17) is 9.84 Å². The lowest BCUT2D eigenvalue weighted by atomic mass is 10.1. The molecule has 2 aromatic rings. The Hall–Kier alpha value is -3.15. The highest BCUT2D eigenvalue weighted by molar-refractivity contribution is 6.21. The van der Waals surface area contributed by atoms with Gasteiger partial charge in [0.25, 0.3) is 11.8 Å². The Morgan fingerprint density at radius 3 is 2.28 bits per heavy atom. The number of carbonyl (C=O) groups is 3. The zero-order chi connectivity index (χ0) is 17.8. The van der Waals surface area contributed by atoms with Crippen molar-refractivity contribution in [2.75, 3.05) is 13.2 Å². The molecular weight excluding hydrogens is 322 g/mol. The summed E-state index contributed by atoms with van der Waals surface area (Å²) in [6, 6.07) is 13.1. The standard InChI is InChI=1S/C19H17NO5/c21-17-15-8-1-2-9-16(15)18(22)20(17)10-3-4-11-25-14-7-5-6-13(12-14)19(23)24/h1-2,5-9,12H,3-4,10-11H2,(H,23,24). The van der Waals surface area contributed by atoms with Crippen molar-refractivity contribution in [2.45, 2.75) is 12.8 Å². The number of nitrogens with zero attached hydrogens (tertiary/aromatic N) is 1. The third kappa shape index (κ3) is 3.52. The molecule has 2 aromatic carbocycles. The molecule has 0 saturated heterocycles. The molecule has 0 bridgehead atoms. The number of hydrogen-bond donors (Lipinski definition) is 1. The highest BCUT2D eigenvalue weighted by Crippen LogP contribution is 2.22. The number of aromatic carboxylic acids is 1. The van der Waals surface area contributed by atoms with Crippen molar-refractivity contribution >= 4 is 17.8 Å². The van der Waals surface area contributed by atoms with Gasteiger partial charge in [0.2, 0.25) is 0 Å². The largest absolute Gasteiger partial charge is 0.494 e. The number of unbranched alkanes of at least 4 members (excludes halogenated alkanes) is 1. The second-order valence-electron chi connectivity index (χ2n) is 5.70. The number of fused-ring (bicyclic) bond motifs is 1. The van der Waals surface area contributed by atoms with Crippen LogP contribution in [0.5, 0.6) is 5.75 Å². The maximum Gasteiger partial charge on any atom is 0.335 e. The summed E-state index contributed by atoms with van der Waals surface area (Å²) < 4.78 is 5.53. The Labute approximate surface area is 144 Å². The molecule has 0 aromatic heterocycles. The van der Waals surface area contributed by atoms with E-state index in [-0.39, 0.29) is 17.4 Å². The summed E-state index contributed by atoms with van der Waals surface area (Å²) in [6.45, 7) is 0.719. The van der Waals surface area contributed by atoms with Crippen LogP contribution in [0.2, 0.25) is 0 Å². The minimum Gasteiger partial charge on any atom is -0.494 e. The van der Waals surface area contributed by atoms with Gasteiger partial charge in [0.1, 0.15) is 5.75 Å². The van der Waals surface area contributed by atoms with E-state index in [2.05, 4.69) is 0 Å². The van der Waals surface area contributed by atoms with Crippen LogP contribution in [0.15, 0.2) is 48.5 Å². The molecule has 0 fully saturated rings. The van der Waals surface area contributed by atoms with E-state index in [9.17, 15) is 14.4 Å². The molecule has 3 rings (SSSR count). The summed E-state index contributed by atoms with van der Waals surface area (Å²) in [6.07, 6.45) is 1.26. The van der Waals surface area contributed by atoms with Crippen LogP contribution in [-0.4, -0.2) is 40.9 Å². The molecule has 128 valence electrons. The van der Waals surface area contributed by atoms with Gasteiger partial charge in [-0.25, -0.2) is 4.79 Å². The first kappa shape index (κ1) is 16.7. The summed E-state index contributed by atoms with van der Waals surface area (Å²) in [5.41, 5.74) is 1.08. The molecule has 0 unspecified atom stereocenters. The first-order valence-corrected chi connectivity index (χ1v) is 7.99. The lowest BCUT2D eigenvalue weighted by molar-refractivity contribution is 0.0647. The van der Waals surface area contributed by atoms with Gasteiger partial charge in [-0.1, -0.05) is 18.2 Å². The topological polar surface area (TPSA) is 83.9 Å². The molecule has 1 N–H and O–H groups in total. The van der Waals surface area contributed by atoms with Crippen LogP contribution >= 0.6 is 0 Å². The number of carbonyl (C=O) groups excluding carboxylic acids is 2. The second kappa shape index (κ2) is 7.17. The number of carboxylic acid groups (broad SMARTS) is 1. The van der Waals surface area contributed by atoms with Crippen molar-refractivity contribution in [3.63, 3.8) is 0 Å². The molecular formula is C19H17NO5. The zero-order valence-corrected chi connectivity index (χ0v) is 13.5. The van der Waals surface area contributed by atoms with Gasteiger partial charge >= 0.3 is 5.97 Å². The number of hydrogen-bond acceptors (Lipinski definition) is 4. The molecule has 1 aliphatic heterocycles. The van der Waals surface area contributed by atoms with E-state index in [0.29, 0.717) is 42.9 Å². The minimum absolute atomic E-state index is 0.170. The molecule has 0 atom stereocenters. The molecule has 1 aliphatic rings. The molecule has 2 amide bonds. The predicted octanol–water partition coefficient (Wildman–Crippen LogP) is 2.84. The first-order valence-electron chi connectivity index (χ1n) is 7.99. The van der Waals surface area contributed by atoms with Crippen LogP contribution in [0, 0.1) is 0 Å². The SMILES string of the molecule is O=C(O)c1cccc(OCCCCN2C(=O)c3ccccc3C2=O)c1. The van der Waals surface area contributed by atoms with Gasteiger partial charge in [-0.15, -0.1) is 0 Å². The fourth-order valence-electron chi connectivity index (χ4n) is 2.72. The van der Waals surface area contributed by atoms with Crippen molar-refractivity contribution in [1.29, 1.82) is 0 Å². The maximum atomic E-state index is 12.2. The minimum atomic E-state index is -1.00. The molecule has 6 heteroatoms. The summed E-state index contributed by atoms with van der Waals surface area (Å²) in [5.74, 6) is -1.02. The fraction of sp³-hybridized carbons (Fsp3) is 0.211. The van der Waals surface area contributed by atoms with Crippen molar-refractivity contribution in [2.24, 2.45) is 0 Å². The van der Waals surface area contributed by atoms with Crippen LogP contribution in [0.3, 0.4) is 0 Å². The van der Waals surface area contributed by atoms with Crippen LogP contribution in [-0.2, 0) is 0 Å². The van der Waals surface area contributed by atoms with Gasteiger partial charge < -0.3 is 9.84 Å². The highest BCUT2D eigenvalue weighted by Gasteiger charge is 2.34. The Bertz CT molecular complexity index is 795. The zero-order valence-electron chi connectivity index (χ0n) is 13.5. The van der Waals surface area contributed by atoms with Gasteiger partial charge in [0.15, 0.2) is 0 Å². The Kier molecular flexibility index (Phi) is 4.79. The summed E-state index contributed by atoms with van der Waals surface area (Å²) in [4.78, 5) is 36.6. The molecule has 0 radical (unpaired) electrons. The predicted molar refractivity (Wildman–Crippen MR) is 89.9 cm³/mol. The number of ether oxygens (including phenoxy) is 1. The fourth-order valence-corrected chi connectivity index (χ4v) is 2.72. The summed E-state index contributed by atoms with van der Waals surface area (Å²) >= 11 is 0. The molecule has 6 nitrogen and oxygen atoms in total. The third-order valence-electron chi connectivity index (χ3n) is 4.00. The van der Waals surface area contributed by atoms with Gasteiger partial charge in [-0.3, -0.25) is 14.5 Å². The normalized spacial score (nSPS) is 13.0. The first-order chi connectivity index (χ1) is 12.1. The van der Waals surface area contributed by atoms with Crippen molar-refractivity contribution in [3.05, 3.63) is 65.2 Å². The van der Waals surface area contributed by atoms with Crippen LogP contribution in [0.25, 0.3) is 0 Å². The Morgan fingerprint density at radius 1 is 0.960 bits per heavy atom. The molecule has 25 heavy (non-hydrogen) atoms. The maximum absolute atomic E-state index is 12.2. The lowest BCUT2D eigenvalue weighted by Crippen LogP contribution is -2.30. The highest BCUT2D eigenvalue weighted by atomic mass is 16.5. The molecule has 0 saturated carbocycles. The van der Waals surface area contributed by atoms with Crippen LogP contribution in [0.1, 0.15) is 43.9 Å². The van der Waals surface area contributed by atoms with E-state index in [0.717, 1.165) is 0 Å². The van der Waals surface area contributed by atoms with E-state index < -0.39 is 5.97 Å². The van der Waals surface area contributed by atoms with Gasteiger partial charge in [-0.05, 0) is 43.2 Å². The molecule has 1 heterocycles. The molecule has 0 spiro atoms. The summed E-state index contributed by atoms with van der Waals surface area (Å²) in [7, 11) is 0. The smallest absolute Gasteiger partial charge is 0.335 e. The van der Waals surface area contributed by atoms with Gasteiger partial charge in [0, 0.05) is 6.54 Å². The van der Waals surface area contributed by atoms with Crippen molar-refractivity contribution in [1.82, 2.24) is 4.90 Å².